The van der Waals surface area contributed by atoms with E-state index in [0.717, 1.165) is 50.4 Å². The Balaban J connectivity index is 1.12. The Bertz CT molecular complexity index is 2850. The maximum absolute atomic E-state index is 5.20. The van der Waals surface area contributed by atoms with Gasteiger partial charge in [-0.25, -0.2) is 9.97 Å². The minimum Gasteiger partial charge on any atom is -0.310 e. The molecule has 9 aromatic rings. The van der Waals surface area contributed by atoms with Crippen molar-refractivity contribution in [3.8, 4) is 44.9 Å². The predicted molar refractivity (Wildman–Crippen MR) is 221 cm³/mol. The summed E-state index contributed by atoms with van der Waals surface area (Å²) in [6, 6.07) is 72.1. The molecule has 0 fully saturated rings. The summed E-state index contributed by atoms with van der Waals surface area (Å²) in [5.74, 6) is 0.718. The fourth-order valence-electron chi connectivity index (χ4n) is 9.00. The highest BCUT2D eigenvalue weighted by atomic mass is 15.2. The molecular weight excluding hydrogens is 655 g/mol. The van der Waals surface area contributed by atoms with Crippen LogP contribution >= 0.6 is 0 Å². The van der Waals surface area contributed by atoms with Gasteiger partial charge in [0.25, 0.3) is 0 Å². The standard InChI is InChI=1S/C51H33N3/c1-3-16-34(17-4-1)49-41-23-8-12-27-46(41)52-50(53-49)37-19-15-18-35(32-37)36-30-31-40-39-22-7-9-24-42(39)51(45(40)33-36)43-25-10-13-28-47(43)54(38-20-5-2-6-21-38)48-29-14-11-26-44(48)51/h1-33H. The van der Waals surface area contributed by atoms with Crippen LogP contribution in [-0.4, -0.2) is 9.97 Å². The van der Waals surface area contributed by atoms with Crippen LogP contribution in [0.2, 0.25) is 0 Å². The smallest absolute Gasteiger partial charge is 0.160 e. The zero-order valence-corrected chi connectivity index (χ0v) is 29.4. The fraction of sp³-hybridized carbons (Fsp3) is 0.0196. The van der Waals surface area contributed by atoms with E-state index in [1.165, 1.54) is 44.8 Å². The Kier molecular flexibility index (Phi) is 6.77. The van der Waals surface area contributed by atoms with Crippen molar-refractivity contribution in [1.82, 2.24) is 9.97 Å². The summed E-state index contributed by atoms with van der Waals surface area (Å²) in [6.07, 6.45) is 0. The zero-order chi connectivity index (χ0) is 35.6. The lowest BCUT2D eigenvalue weighted by molar-refractivity contribution is 0.753. The first-order valence-corrected chi connectivity index (χ1v) is 18.5. The van der Waals surface area contributed by atoms with Gasteiger partial charge in [-0.1, -0.05) is 158 Å². The minimum atomic E-state index is -0.510. The molecule has 3 heteroatoms. The lowest BCUT2D eigenvalue weighted by Crippen LogP contribution is -2.36. The van der Waals surface area contributed by atoms with Crippen molar-refractivity contribution in [2.45, 2.75) is 5.41 Å². The highest BCUT2D eigenvalue weighted by molar-refractivity contribution is 5.97. The molecule has 0 unspecified atom stereocenters. The molecule has 8 aromatic carbocycles. The second-order valence-corrected chi connectivity index (χ2v) is 14.1. The maximum Gasteiger partial charge on any atom is 0.160 e. The number of anilines is 3. The Morgan fingerprint density at radius 3 is 1.72 bits per heavy atom. The molecule has 3 nitrogen and oxygen atoms in total. The number of hydrogen-bond acceptors (Lipinski definition) is 3. The lowest BCUT2D eigenvalue weighted by Gasteiger charge is -2.45. The number of fused-ring (bicyclic) bond motifs is 10. The third kappa shape index (κ3) is 4.42. The summed E-state index contributed by atoms with van der Waals surface area (Å²) in [5, 5.41) is 1.05. The molecule has 0 saturated carbocycles. The first kappa shape index (κ1) is 30.5. The number of aromatic nitrogens is 2. The topological polar surface area (TPSA) is 29.0 Å². The van der Waals surface area contributed by atoms with Gasteiger partial charge in [-0.2, -0.15) is 0 Å². The molecule has 0 amide bonds. The van der Waals surface area contributed by atoms with Gasteiger partial charge in [-0.15, -0.1) is 0 Å². The van der Waals surface area contributed by atoms with Crippen LogP contribution < -0.4 is 4.90 Å². The van der Waals surface area contributed by atoms with E-state index >= 15 is 0 Å². The molecule has 1 aliphatic heterocycles. The molecule has 0 saturated heterocycles. The molecular formula is C51H33N3. The van der Waals surface area contributed by atoms with Gasteiger partial charge in [0.15, 0.2) is 5.82 Å². The molecule has 2 heterocycles. The molecule has 1 spiro atoms. The van der Waals surface area contributed by atoms with Gasteiger partial charge in [0.2, 0.25) is 0 Å². The van der Waals surface area contributed by atoms with Crippen molar-refractivity contribution in [3.05, 3.63) is 222 Å². The molecule has 1 aromatic heterocycles. The van der Waals surface area contributed by atoms with Crippen molar-refractivity contribution in [1.29, 1.82) is 0 Å². The van der Waals surface area contributed by atoms with Gasteiger partial charge >= 0.3 is 0 Å². The summed E-state index contributed by atoms with van der Waals surface area (Å²) in [6.45, 7) is 0. The van der Waals surface area contributed by atoms with E-state index in [0.29, 0.717) is 0 Å². The van der Waals surface area contributed by atoms with Crippen molar-refractivity contribution < 1.29 is 0 Å². The molecule has 0 bridgehead atoms. The van der Waals surface area contributed by atoms with Crippen LogP contribution in [0.5, 0.6) is 0 Å². The fourth-order valence-corrected chi connectivity index (χ4v) is 9.00. The quantitative estimate of drug-likeness (QED) is 0.184. The van der Waals surface area contributed by atoms with E-state index in [-0.39, 0.29) is 0 Å². The second kappa shape index (κ2) is 12.0. The van der Waals surface area contributed by atoms with Crippen LogP contribution in [0.15, 0.2) is 200 Å². The van der Waals surface area contributed by atoms with E-state index in [1.54, 1.807) is 0 Å². The summed E-state index contributed by atoms with van der Waals surface area (Å²) in [4.78, 5) is 12.7. The zero-order valence-electron chi connectivity index (χ0n) is 29.4. The molecule has 54 heavy (non-hydrogen) atoms. The number of benzene rings is 8. The van der Waals surface area contributed by atoms with Crippen LogP contribution in [0.1, 0.15) is 22.3 Å². The second-order valence-electron chi connectivity index (χ2n) is 14.1. The average Bonchev–Trinajstić information content (AvgIpc) is 3.54. The third-order valence-corrected chi connectivity index (χ3v) is 11.3. The molecule has 0 radical (unpaired) electrons. The predicted octanol–water partition coefficient (Wildman–Crippen LogP) is 12.8. The van der Waals surface area contributed by atoms with Gasteiger partial charge in [0.05, 0.1) is 28.0 Å². The average molecular weight is 688 g/mol. The summed E-state index contributed by atoms with van der Waals surface area (Å²) in [5.41, 5.74) is 17.0. The molecule has 11 rings (SSSR count). The monoisotopic (exact) mass is 687 g/mol. The number of rotatable bonds is 4. The van der Waals surface area contributed by atoms with Gasteiger partial charge in [-0.05, 0) is 87.0 Å². The van der Waals surface area contributed by atoms with Gasteiger partial charge in [0.1, 0.15) is 0 Å². The molecule has 2 aliphatic rings. The Hall–Kier alpha value is -7.10. The maximum atomic E-state index is 5.20. The largest absolute Gasteiger partial charge is 0.310 e. The Morgan fingerprint density at radius 2 is 0.944 bits per heavy atom. The van der Waals surface area contributed by atoms with E-state index in [1.807, 2.05) is 12.1 Å². The van der Waals surface area contributed by atoms with Crippen molar-refractivity contribution in [2.24, 2.45) is 0 Å². The van der Waals surface area contributed by atoms with Gasteiger partial charge < -0.3 is 4.90 Å². The SMILES string of the molecule is c1ccc(-c2nc(-c3cccc(-c4ccc5c(c4)C4(c6ccccc6-5)c5ccccc5N(c5ccccc5)c5ccccc54)c3)nc3ccccc23)cc1. The van der Waals surface area contributed by atoms with Crippen LogP contribution in [0.4, 0.5) is 17.1 Å². The van der Waals surface area contributed by atoms with Crippen LogP contribution in [0.25, 0.3) is 55.8 Å². The number of para-hydroxylation sites is 4. The van der Waals surface area contributed by atoms with Crippen molar-refractivity contribution >= 4 is 28.0 Å². The van der Waals surface area contributed by atoms with Crippen LogP contribution in [-0.2, 0) is 5.41 Å². The van der Waals surface area contributed by atoms with Gasteiger partial charge in [-0.3, -0.25) is 0 Å². The molecule has 1 aliphatic carbocycles. The highest BCUT2D eigenvalue weighted by Crippen LogP contribution is 2.63. The molecule has 0 N–H and O–H groups in total. The number of nitrogens with zero attached hydrogens (tertiary/aromatic N) is 3. The van der Waals surface area contributed by atoms with Crippen LogP contribution in [0.3, 0.4) is 0 Å². The Labute approximate surface area is 314 Å². The minimum absolute atomic E-state index is 0.510. The first-order valence-electron chi connectivity index (χ1n) is 18.5. The van der Waals surface area contributed by atoms with E-state index in [2.05, 4.69) is 193 Å². The van der Waals surface area contributed by atoms with Crippen molar-refractivity contribution in [2.75, 3.05) is 4.90 Å². The van der Waals surface area contributed by atoms with E-state index in [9.17, 15) is 0 Å². The van der Waals surface area contributed by atoms with Crippen LogP contribution in [0, 0.1) is 0 Å². The molecule has 0 atom stereocenters. The summed E-state index contributed by atoms with van der Waals surface area (Å²) < 4.78 is 0. The lowest BCUT2D eigenvalue weighted by atomic mass is 9.64. The first-order chi connectivity index (χ1) is 26.8. The molecule has 252 valence electrons. The third-order valence-electron chi connectivity index (χ3n) is 11.3. The van der Waals surface area contributed by atoms with Gasteiger partial charge in [0, 0.05) is 22.2 Å². The Morgan fingerprint density at radius 1 is 0.370 bits per heavy atom. The van der Waals surface area contributed by atoms with E-state index in [4.69, 9.17) is 9.97 Å². The van der Waals surface area contributed by atoms with E-state index < -0.39 is 5.41 Å². The van der Waals surface area contributed by atoms with Crippen molar-refractivity contribution in [3.63, 3.8) is 0 Å². The number of hydrogen-bond donors (Lipinski definition) is 0. The summed E-state index contributed by atoms with van der Waals surface area (Å²) in [7, 11) is 0. The summed E-state index contributed by atoms with van der Waals surface area (Å²) >= 11 is 0. The highest BCUT2D eigenvalue weighted by Gasteiger charge is 2.51. The normalized spacial score (nSPS) is 13.3.